The summed E-state index contributed by atoms with van der Waals surface area (Å²) < 4.78 is 46.8. The van der Waals surface area contributed by atoms with Gasteiger partial charge in [0.15, 0.2) is 0 Å². The van der Waals surface area contributed by atoms with Gasteiger partial charge in [-0.3, -0.25) is 19.1 Å². The lowest BCUT2D eigenvalue weighted by atomic mass is 10.0. The van der Waals surface area contributed by atoms with Crippen molar-refractivity contribution < 1.29 is 27.5 Å². The molecule has 0 aliphatic heterocycles. The first-order valence-electron chi connectivity index (χ1n) is 9.79. The number of carbonyl (C=O) groups excluding carboxylic acids is 1. The van der Waals surface area contributed by atoms with Crippen LogP contribution in [0.1, 0.15) is 26.0 Å². The van der Waals surface area contributed by atoms with Gasteiger partial charge in [-0.2, -0.15) is 4.31 Å². The number of sulfonamides is 1. The molecule has 0 saturated heterocycles. The van der Waals surface area contributed by atoms with Crippen molar-refractivity contribution in [3.63, 3.8) is 0 Å². The van der Waals surface area contributed by atoms with Gasteiger partial charge in [-0.05, 0) is 36.6 Å². The highest BCUT2D eigenvalue weighted by Gasteiger charge is 2.37. The van der Waals surface area contributed by atoms with Gasteiger partial charge >= 0.3 is 0 Å². The monoisotopic (exact) mass is 456 g/mol. The molecule has 2 aromatic rings. The Morgan fingerprint density at radius 1 is 1.32 bits per heavy atom. The molecule has 31 heavy (non-hydrogen) atoms. The van der Waals surface area contributed by atoms with Crippen molar-refractivity contribution in [2.45, 2.75) is 44.2 Å². The first-order chi connectivity index (χ1) is 14.7. The van der Waals surface area contributed by atoms with E-state index in [2.05, 4.69) is 10.3 Å². The number of benzene rings is 1. The summed E-state index contributed by atoms with van der Waals surface area (Å²) in [4.78, 5) is 12.3. The summed E-state index contributed by atoms with van der Waals surface area (Å²) >= 11 is 0. The van der Waals surface area contributed by atoms with E-state index in [1.54, 1.807) is 25.5 Å². The lowest BCUT2D eigenvalue weighted by Crippen LogP contribution is -2.52. The minimum Gasteiger partial charge on any atom is -0.497 e. The number of nitrogens with zero attached hydrogens (tertiary/aromatic N) is 4. The first-order valence-corrected chi connectivity index (χ1v) is 11.2. The fourth-order valence-electron chi connectivity index (χ4n) is 3.13. The second kappa shape index (κ2) is 11.2. The Kier molecular flexibility index (Phi) is 8.89. The number of carbonyl (C=O) groups is 1. The molecule has 1 heterocycles. The largest absolute Gasteiger partial charge is 0.497 e. The molecule has 0 bridgehead atoms. The van der Waals surface area contributed by atoms with Gasteiger partial charge in [-0.1, -0.05) is 19.1 Å². The Balaban J connectivity index is 2.35. The molecule has 1 aromatic carbocycles. The second-order valence-corrected chi connectivity index (χ2v) is 9.11. The first kappa shape index (κ1) is 24.7. The smallest absolute Gasteiger partial charge is 0.262 e. The summed E-state index contributed by atoms with van der Waals surface area (Å²) in [6.45, 7) is 3.17. The van der Waals surface area contributed by atoms with E-state index in [0.29, 0.717) is 24.4 Å². The quantitative estimate of drug-likeness (QED) is 0.365. The van der Waals surface area contributed by atoms with E-state index >= 15 is 0 Å². The molecular formula is C19H28FN5O5S. The van der Waals surface area contributed by atoms with E-state index in [1.807, 2.05) is 0 Å². The highest BCUT2D eigenvalue weighted by molar-refractivity contribution is 7.89. The van der Waals surface area contributed by atoms with Gasteiger partial charge in [0.1, 0.15) is 11.8 Å². The number of hydroxylamine groups is 1. The van der Waals surface area contributed by atoms with Crippen molar-refractivity contribution in [1.29, 1.82) is 0 Å². The molecule has 0 radical (unpaired) electrons. The number of rotatable bonds is 12. The Bertz CT molecular complexity index is 949. The predicted octanol–water partition coefficient (Wildman–Crippen LogP) is 1.41. The van der Waals surface area contributed by atoms with Crippen LogP contribution in [0.3, 0.4) is 0 Å². The van der Waals surface area contributed by atoms with Gasteiger partial charge in [-0.25, -0.2) is 13.9 Å². The van der Waals surface area contributed by atoms with Crippen LogP contribution in [0.2, 0.25) is 0 Å². The van der Waals surface area contributed by atoms with E-state index in [9.17, 15) is 22.8 Å². The molecule has 0 spiro atoms. The van der Waals surface area contributed by atoms with Crippen molar-refractivity contribution in [3.05, 3.63) is 36.2 Å². The molecule has 0 aliphatic rings. The van der Waals surface area contributed by atoms with Gasteiger partial charge in [0.25, 0.3) is 5.91 Å². The molecule has 10 nitrogen and oxygen atoms in total. The SMILES string of the molecule is COc1ccc(S(=O)(=O)N(CCc2cn(CCC[18F])nn2)[C@@H](C(=O)NO)C(C)C)cc1. The third-order valence-electron chi connectivity index (χ3n) is 4.68. The summed E-state index contributed by atoms with van der Waals surface area (Å²) in [5.74, 6) is -0.775. The topological polar surface area (TPSA) is 127 Å². The zero-order chi connectivity index (χ0) is 23.0. The van der Waals surface area contributed by atoms with E-state index in [-0.39, 0.29) is 17.9 Å². The number of hydrogen-bond donors (Lipinski definition) is 2. The molecule has 12 heteroatoms. The van der Waals surface area contributed by atoms with Crippen LogP contribution in [-0.4, -0.2) is 65.2 Å². The summed E-state index contributed by atoms with van der Waals surface area (Å²) in [6, 6.07) is 4.65. The number of ether oxygens (including phenoxy) is 1. The molecule has 0 fully saturated rings. The molecule has 0 aliphatic carbocycles. The number of aromatic nitrogens is 3. The maximum atomic E-state index is 13.4. The molecule has 0 saturated carbocycles. The van der Waals surface area contributed by atoms with E-state index in [0.717, 1.165) is 4.31 Å². The number of alkyl halides is 1. The Labute approximate surface area is 181 Å². The minimum absolute atomic E-state index is 0.0173. The molecule has 0 unspecified atom stereocenters. The number of nitrogens with one attached hydrogen (secondary N) is 1. The number of amides is 1. The minimum atomic E-state index is -4.10. The molecule has 2 rings (SSSR count). The normalized spacial score (nSPS) is 12.9. The van der Waals surface area contributed by atoms with Crippen molar-refractivity contribution in [3.8, 4) is 5.75 Å². The third kappa shape index (κ3) is 6.21. The van der Waals surface area contributed by atoms with Crippen LogP contribution < -0.4 is 10.2 Å². The average molecular weight is 457 g/mol. The lowest BCUT2D eigenvalue weighted by molar-refractivity contribution is -0.134. The fraction of sp³-hybridized carbons (Fsp3) is 0.526. The summed E-state index contributed by atoms with van der Waals surface area (Å²) in [5, 5.41) is 17.1. The van der Waals surface area contributed by atoms with Crippen LogP contribution in [0.5, 0.6) is 5.75 Å². The number of methoxy groups -OCH3 is 1. The van der Waals surface area contributed by atoms with Crippen LogP contribution in [0.15, 0.2) is 35.4 Å². The van der Waals surface area contributed by atoms with Crippen molar-refractivity contribution in [2.24, 2.45) is 5.92 Å². The van der Waals surface area contributed by atoms with Crippen LogP contribution in [0, 0.1) is 5.92 Å². The summed E-state index contributed by atoms with van der Waals surface area (Å²) in [6.07, 6.45) is 2.09. The molecular weight excluding hydrogens is 428 g/mol. The Morgan fingerprint density at radius 3 is 2.55 bits per heavy atom. The van der Waals surface area contributed by atoms with Crippen LogP contribution in [0.4, 0.5) is 4.39 Å². The van der Waals surface area contributed by atoms with Crippen LogP contribution >= 0.6 is 0 Å². The second-order valence-electron chi connectivity index (χ2n) is 7.22. The van der Waals surface area contributed by atoms with Gasteiger partial charge in [-0.15, -0.1) is 5.10 Å². The number of hydrogen-bond acceptors (Lipinski definition) is 7. The maximum absolute atomic E-state index is 13.4. The van der Waals surface area contributed by atoms with Crippen LogP contribution in [0.25, 0.3) is 0 Å². The molecule has 1 aromatic heterocycles. The highest BCUT2D eigenvalue weighted by Crippen LogP contribution is 2.24. The standard InChI is InChI=1S/C19H28FN5O5S/c1-14(2)18(19(26)22-27)25(12-9-15-13-24(23-21-15)11-4-10-20)31(28,29)17-7-5-16(30-3)6-8-17/h5-8,13-14,18,27H,4,9-12H2,1-3H3,(H,22,26)/t18-/m1/s1/i20-1. The van der Waals surface area contributed by atoms with Crippen molar-refractivity contribution >= 4 is 15.9 Å². The van der Waals surface area contributed by atoms with Gasteiger partial charge in [0.2, 0.25) is 10.0 Å². The zero-order valence-corrected chi connectivity index (χ0v) is 18.5. The van der Waals surface area contributed by atoms with Gasteiger partial charge < -0.3 is 4.74 Å². The Hall–Kier alpha value is -2.57. The predicted molar refractivity (Wildman–Crippen MR) is 110 cm³/mol. The molecule has 2 N–H and O–H groups in total. The zero-order valence-electron chi connectivity index (χ0n) is 17.7. The summed E-state index contributed by atoms with van der Waals surface area (Å²) in [7, 11) is -2.63. The lowest BCUT2D eigenvalue weighted by Gasteiger charge is -2.31. The fourth-order valence-corrected chi connectivity index (χ4v) is 4.85. The highest BCUT2D eigenvalue weighted by atomic mass is 32.2. The van der Waals surface area contributed by atoms with Crippen molar-refractivity contribution in [2.75, 3.05) is 20.3 Å². The van der Waals surface area contributed by atoms with E-state index in [4.69, 9.17) is 4.74 Å². The average Bonchev–Trinajstić information content (AvgIpc) is 3.21. The van der Waals surface area contributed by atoms with Crippen molar-refractivity contribution in [1.82, 2.24) is 24.8 Å². The van der Waals surface area contributed by atoms with Gasteiger partial charge in [0, 0.05) is 25.7 Å². The Morgan fingerprint density at radius 2 is 2.00 bits per heavy atom. The third-order valence-corrected chi connectivity index (χ3v) is 6.58. The van der Waals surface area contributed by atoms with Crippen LogP contribution in [-0.2, 0) is 27.8 Å². The number of aryl methyl sites for hydroxylation is 1. The summed E-state index contributed by atoms with van der Waals surface area (Å²) in [5.41, 5.74) is 2.06. The molecule has 1 atom stereocenters. The maximum Gasteiger partial charge on any atom is 0.262 e. The molecule has 1 amide bonds. The van der Waals surface area contributed by atoms with Gasteiger partial charge in [0.05, 0.1) is 24.4 Å². The van der Waals surface area contributed by atoms with E-state index in [1.165, 1.54) is 36.1 Å². The molecule has 172 valence electrons. The van der Waals surface area contributed by atoms with E-state index < -0.39 is 34.6 Å². The number of halogens is 1.